The van der Waals surface area contributed by atoms with Crippen molar-refractivity contribution < 1.29 is 23.9 Å². The number of carbonyl (C=O) groups is 4. The van der Waals surface area contributed by atoms with Gasteiger partial charge >= 0.3 is 0 Å². The highest BCUT2D eigenvalue weighted by Crippen LogP contribution is 2.34. The molecule has 0 radical (unpaired) electrons. The van der Waals surface area contributed by atoms with Crippen molar-refractivity contribution in [3.63, 3.8) is 0 Å². The van der Waals surface area contributed by atoms with Crippen molar-refractivity contribution >= 4 is 58.1 Å². The zero-order chi connectivity index (χ0) is 26.5. The fourth-order valence-corrected chi connectivity index (χ4v) is 5.17. The zero-order valence-corrected chi connectivity index (χ0v) is 22.3. The van der Waals surface area contributed by atoms with Gasteiger partial charge in [-0.05, 0) is 85.8 Å². The number of halogens is 1. The van der Waals surface area contributed by atoms with E-state index in [4.69, 9.17) is 16.3 Å². The van der Waals surface area contributed by atoms with Gasteiger partial charge in [0.2, 0.25) is 5.91 Å². The normalized spacial score (nSPS) is 16.9. The van der Waals surface area contributed by atoms with Crippen molar-refractivity contribution in [2.45, 2.75) is 33.1 Å². The number of thioether (sulfide) groups is 1. The predicted octanol–water partition coefficient (Wildman–Crippen LogP) is 5.02. The molecule has 2 saturated heterocycles. The van der Waals surface area contributed by atoms with Crippen LogP contribution >= 0.6 is 23.4 Å². The quantitative estimate of drug-likeness (QED) is 0.494. The first-order valence-electron chi connectivity index (χ1n) is 12.0. The molecule has 194 valence electrons. The van der Waals surface area contributed by atoms with Gasteiger partial charge in [0, 0.05) is 18.8 Å². The Kier molecular flexibility index (Phi) is 8.56. The number of hydrogen-bond acceptors (Lipinski definition) is 6. The van der Waals surface area contributed by atoms with E-state index in [0.717, 1.165) is 52.7 Å². The van der Waals surface area contributed by atoms with E-state index in [-0.39, 0.29) is 34.9 Å². The van der Waals surface area contributed by atoms with Gasteiger partial charge in [-0.3, -0.25) is 24.1 Å². The van der Waals surface area contributed by atoms with Gasteiger partial charge in [0.1, 0.15) is 12.3 Å². The van der Waals surface area contributed by atoms with Crippen molar-refractivity contribution in [3.8, 4) is 5.75 Å². The maximum atomic E-state index is 12.8. The Labute approximate surface area is 225 Å². The van der Waals surface area contributed by atoms with Crippen molar-refractivity contribution in [2.75, 3.05) is 31.6 Å². The fraction of sp³-hybridized carbons (Fsp3) is 0.333. The summed E-state index contributed by atoms with van der Waals surface area (Å²) in [6.07, 6.45) is 4.51. The van der Waals surface area contributed by atoms with E-state index in [9.17, 15) is 19.2 Å². The van der Waals surface area contributed by atoms with E-state index < -0.39 is 11.1 Å². The summed E-state index contributed by atoms with van der Waals surface area (Å²) in [5, 5.41) is 2.61. The second-order valence-corrected chi connectivity index (χ2v) is 10.5. The Bertz CT molecular complexity index is 1270. The predicted molar refractivity (Wildman–Crippen MR) is 145 cm³/mol. The van der Waals surface area contributed by atoms with Crippen LogP contribution in [0.2, 0.25) is 5.02 Å². The van der Waals surface area contributed by atoms with Crippen LogP contribution in [0.1, 0.15) is 36.0 Å². The summed E-state index contributed by atoms with van der Waals surface area (Å²) in [4.78, 5) is 53.0. The molecule has 0 spiro atoms. The Balaban J connectivity index is 1.35. The van der Waals surface area contributed by atoms with Gasteiger partial charge in [0.15, 0.2) is 6.61 Å². The van der Waals surface area contributed by atoms with Crippen LogP contribution < -0.4 is 10.1 Å². The monoisotopic (exact) mass is 541 g/mol. The molecule has 2 aromatic carbocycles. The molecule has 0 atom stereocenters. The average molecular weight is 542 g/mol. The summed E-state index contributed by atoms with van der Waals surface area (Å²) in [6, 6.07) is 10.7. The largest absolute Gasteiger partial charge is 0.482 e. The third-order valence-electron chi connectivity index (χ3n) is 6.16. The summed E-state index contributed by atoms with van der Waals surface area (Å²) < 4.78 is 5.58. The number of nitrogens with one attached hydrogen (secondary N) is 1. The van der Waals surface area contributed by atoms with Crippen molar-refractivity contribution in [1.82, 2.24) is 9.80 Å². The minimum absolute atomic E-state index is 0.214. The molecule has 0 saturated carbocycles. The summed E-state index contributed by atoms with van der Waals surface area (Å²) in [6.45, 7) is 4.70. The fourth-order valence-electron chi connectivity index (χ4n) is 4.09. The van der Waals surface area contributed by atoms with Crippen LogP contribution in [0.15, 0.2) is 41.3 Å². The van der Waals surface area contributed by atoms with Crippen molar-refractivity contribution in [2.24, 2.45) is 0 Å². The second-order valence-electron chi connectivity index (χ2n) is 9.05. The molecule has 2 fully saturated rings. The number of nitrogens with zero attached hydrogens (tertiary/aromatic N) is 2. The number of ether oxygens (including phenoxy) is 1. The number of aryl methyl sites for hydroxylation is 2. The highest BCUT2D eigenvalue weighted by atomic mass is 35.5. The van der Waals surface area contributed by atoms with Gasteiger partial charge in [-0.2, -0.15) is 0 Å². The summed E-state index contributed by atoms with van der Waals surface area (Å²) in [5.41, 5.74) is 3.29. The highest BCUT2D eigenvalue weighted by molar-refractivity contribution is 8.18. The molecule has 2 aromatic rings. The molecule has 0 aromatic heterocycles. The van der Waals surface area contributed by atoms with Crippen LogP contribution in [0.25, 0.3) is 6.08 Å². The molecule has 0 aliphatic carbocycles. The highest BCUT2D eigenvalue weighted by Gasteiger charge is 2.37. The number of imide groups is 1. The van der Waals surface area contributed by atoms with Gasteiger partial charge in [0.25, 0.3) is 17.1 Å². The standard InChI is InChI=1S/C27H28ClN3O5S/c1-17-6-7-18(2)21(12-17)29-24(32)16-36-22-9-8-19(13-20(22)28)14-23-26(34)31(27(35)37-23)15-25(33)30-10-4-3-5-11-30/h6-9,12-14H,3-5,10-11,15-16H2,1-2H3,(H,29,32)/b23-14-. The van der Waals surface area contributed by atoms with E-state index in [1.165, 1.54) is 0 Å². The number of amides is 4. The number of hydrogen-bond donors (Lipinski definition) is 1. The Morgan fingerprint density at radius 1 is 1.08 bits per heavy atom. The maximum absolute atomic E-state index is 12.8. The van der Waals surface area contributed by atoms with E-state index in [0.29, 0.717) is 24.4 Å². The third-order valence-corrected chi connectivity index (χ3v) is 7.36. The lowest BCUT2D eigenvalue weighted by molar-refractivity contribution is -0.136. The lowest BCUT2D eigenvalue weighted by atomic mass is 10.1. The molecule has 37 heavy (non-hydrogen) atoms. The summed E-state index contributed by atoms with van der Waals surface area (Å²) in [5.74, 6) is -0.717. The van der Waals surface area contributed by atoms with Gasteiger partial charge in [-0.25, -0.2) is 0 Å². The van der Waals surface area contributed by atoms with Gasteiger partial charge in [-0.15, -0.1) is 0 Å². The molecule has 10 heteroatoms. The lowest BCUT2D eigenvalue weighted by Gasteiger charge is -2.27. The van der Waals surface area contributed by atoms with E-state index in [1.807, 2.05) is 32.0 Å². The Morgan fingerprint density at radius 3 is 2.57 bits per heavy atom. The number of likely N-dealkylation sites (tertiary alicyclic amines) is 1. The molecule has 2 aliphatic rings. The Morgan fingerprint density at radius 2 is 1.84 bits per heavy atom. The molecule has 0 unspecified atom stereocenters. The SMILES string of the molecule is Cc1ccc(C)c(NC(=O)COc2ccc(/C=C3\SC(=O)N(CC(=O)N4CCCCC4)C3=O)cc2Cl)c1. The van der Waals surface area contributed by atoms with Crippen LogP contribution in [-0.4, -0.2) is 59.0 Å². The number of carbonyl (C=O) groups excluding carboxylic acids is 4. The minimum Gasteiger partial charge on any atom is -0.482 e. The first-order valence-corrected chi connectivity index (χ1v) is 13.2. The smallest absolute Gasteiger partial charge is 0.294 e. The van der Waals surface area contributed by atoms with Crippen molar-refractivity contribution in [3.05, 3.63) is 63.0 Å². The van der Waals surface area contributed by atoms with Crippen LogP contribution in [-0.2, 0) is 14.4 Å². The minimum atomic E-state index is -0.500. The van der Waals surface area contributed by atoms with Crippen LogP contribution in [0.4, 0.5) is 10.5 Å². The molecule has 1 N–H and O–H groups in total. The zero-order valence-electron chi connectivity index (χ0n) is 20.7. The van der Waals surface area contributed by atoms with Crippen LogP contribution in [0.3, 0.4) is 0 Å². The molecule has 2 aliphatic heterocycles. The molecule has 2 heterocycles. The lowest BCUT2D eigenvalue weighted by Crippen LogP contribution is -2.44. The number of anilines is 1. The second kappa shape index (κ2) is 11.8. The third kappa shape index (κ3) is 6.72. The van der Waals surface area contributed by atoms with E-state index in [2.05, 4.69) is 5.32 Å². The van der Waals surface area contributed by atoms with Gasteiger partial charge in [0.05, 0.1) is 9.93 Å². The van der Waals surface area contributed by atoms with Crippen LogP contribution in [0, 0.1) is 13.8 Å². The number of rotatable bonds is 7. The first-order chi connectivity index (χ1) is 17.7. The van der Waals surface area contributed by atoms with E-state index >= 15 is 0 Å². The summed E-state index contributed by atoms with van der Waals surface area (Å²) >= 11 is 7.14. The van der Waals surface area contributed by atoms with E-state index in [1.54, 1.807) is 29.2 Å². The average Bonchev–Trinajstić information content (AvgIpc) is 3.13. The van der Waals surface area contributed by atoms with Gasteiger partial charge in [-0.1, -0.05) is 29.8 Å². The molecule has 0 bridgehead atoms. The molecular weight excluding hydrogens is 514 g/mol. The summed E-state index contributed by atoms with van der Waals surface area (Å²) in [7, 11) is 0. The van der Waals surface area contributed by atoms with Crippen LogP contribution in [0.5, 0.6) is 5.75 Å². The first kappa shape index (κ1) is 26.8. The number of piperidine rings is 1. The molecular formula is C27H28ClN3O5S. The molecule has 4 amide bonds. The van der Waals surface area contributed by atoms with Gasteiger partial charge < -0.3 is 15.0 Å². The maximum Gasteiger partial charge on any atom is 0.294 e. The molecule has 4 rings (SSSR count). The van der Waals surface area contributed by atoms with Crippen molar-refractivity contribution in [1.29, 1.82) is 0 Å². The Hall–Kier alpha value is -3.30. The number of benzene rings is 2. The topological polar surface area (TPSA) is 96.0 Å². The molecule has 8 nitrogen and oxygen atoms in total.